The first-order valence-electron chi connectivity index (χ1n) is 8.52. The van der Waals surface area contributed by atoms with E-state index in [-0.39, 0.29) is 5.92 Å². The number of carboxylic acid groups (broad SMARTS) is 1. The number of hydrogen-bond donors (Lipinski definition) is 1. The van der Waals surface area contributed by atoms with Crippen molar-refractivity contribution in [3.05, 3.63) is 48.0 Å². The summed E-state index contributed by atoms with van der Waals surface area (Å²) in [6.45, 7) is 2.17. The van der Waals surface area contributed by atoms with Gasteiger partial charge in [-0.05, 0) is 30.7 Å². The van der Waals surface area contributed by atoms with E-state index in [9.17, 15) is 4.79 Å². The van der Waals surface area contributed by atoms with Crippen molar-refractivity contribution in [3.8, 4) is 23.0 Å². The van der Waals surface area contributed by atoms with E-state index in [1.165, 1.54) is 0 Å². The number of aliphatic carboxylic acids is 1. The topological polar surface area (TPSA) is 68.2 Å². The summed E-state index contributed by atoms with van der Waals surface area (Å²) in [6.07, 6.45) is 0.716. The molecule has 3 rings (SSSR count). The first-order valence-corrected chi connectivity index (χ1v) is 8.52. The van der Waals surface area contributed by atoms with Crippen molar-refractivity contribution in [2.75, 3.05) is 27.3 Å². The van der Waals surface area contributed by atoms with Gasteiger partial charge in [-0.2, -0.15) is 0 Å². The molecule has 0 amide bonds. The molecule has 0 aliphatic carbocycles. The number of nitrogens with zero attached hydrogens (tertiary/aromatic N) is 1. The average Bonchev–Trinajstić information content (AvgIpc) is 3.12. The van der Waals surface area contributed by atoms with E-state index >= 15 is 0 Å². The molecule has 2 aromatic carbocycles. The number of likely N-dealkylation sites (tertiary alicyclic amines) is 1. The second-order valence-corrected chi connectivity index (χ2v) is 6.35. The lowest BCUT2D eigenvalue weighted by atomic mass is 10.1. The summed E-state index contributed by atoms with van der Waals surface area (Å²) in [6, 6.07) is 13.2. The highest BCUT2D eigenvalue weighted by Gasteiger charge is 2.27. The van der Waals surface area contributed by atoms with E-state index in [0.717, 1.165) is 18.7 Å². The lowest BCUT2D eigenvalue weighted by molar-refractivity contribution is -0.141. The molecule has 1 saturated heterocycles. The number of carboxylic acids is 1. The van der Waals surface area contributed by atoms with Gasteiger partial charge in [-0.1, -0.05) is 12.1 Å². The molecule has 6 heteroatoms. The van der Waals surface area contributed by atoms with Crippen LogP contribution in [-0.2, 0) is 11.3 Å². The Balaban J connectivity index is 1.62. The molecule has 2 aromatic rings. The van der Waals surface area contributed by atoms with Gasteiger partial charge in [-0.15, -0.1) is 0 Å². The SMILES string of the molecule is COc1cc(OC)cc(Oc2ccc(CN3CCC(C(=O)O)C3)cc2)c1. The van der Waals surface area contributed by atoms with Gasteiger partial charge in [0, 0.05) is 31.3 Å². The van der Waals surface area contributed by atoms with Crippen molar-refractivity contribution >= 4 is 5.97 Å². The highest BCUT2D eigenvalue weighted by Crippen LogP contribution is 2.31. The van der Waals surface area contributed by atoms with Crippen LogP contribution in [0.15, 0.2) is 42.5 Å². The fraction of sp³-hybridized carbons (Fsp3) is 0.350. The van der Waals surface area contributed by atoms with Crippen molar-refractivity contribution in [2.24, 2.45) is 5.92 Å². The zero-order valence-corrected chi connectivity index (χ0v) is 15.0. The van der Waals surface area contributed by atoms with E-state index in [4.69, 9.17) is 19.3 Å². The molecule has 6 nitrogen and oxygen atoms in total. The molecule has 1 N–H and O–H groups in total. The minimum absolute atomic E-state index is 0.249. The van der Waals surface area contributed by atoms with Gasteiger partial charge in [0.2, 0.25) is 0 Å². The van der Waals surface area contributed by atoms with Crippen molar-refractivity contribution < 1.29 is 24.1 Å². The monoisotopic (exact) mass is 357 g/mol. The molecule has 1 fully saturated rings. The normalized spacial score (nSPS) is 17.1. The first kappa shape index (κ1) is 18.1. The number of benzene rings is 2. The molecule has 0 radical (unpaired) electrons. The Hall–Kier alpha value is -2.73. The highest BCUT2D eigenvalue weighted by molar-refractivity contribution is 5.70. The summed E-state index contributed by atoms with van der Waals surface area (Å²) in [5, 5.41) is 9.09. The Bertz CT molecular complexity index is 737. The van der Waals surface area contributed by atoms with E-state index in [0.29, 0.717) is 36.0 Å². The second-order valence-electron chi connectivity index (χ2n) is 6.35. The van der Waals surface area contributed by atoms with Crippen LogP contribution in [0.2, 0.25) is 0 Å². The molecule has 1 atom stereocenters. The Morgan fingerprint density at radius 3 is 2.19 bits per heavy atom. The summed E-state index contributed by atoms with van der Waals surface area (Å²) in [5.41, 5.74) is 1.13. The predicted octanol–water partition coefficient (Wildman–Crippen LogP) is 3.40. The van der Waals surface area contributed by atoms with Crippen LogP contribution in [0.25, 0.3) is 0 Å². The van der Waals surface area contributed by atoms with Gasteiger partial charge in [-0.3, -0.25) is 9.69 Å². The summed E-state index contributed by atoms with van der Waals surface area (Å²) in [4.78, 5) is 13.2. The molecule has 1 unspecified atom stereocenters. The van der Waals surface area contributed by atoms with Crippen LogP contribution in [0.4, 0.5) is 0 Å². The smallest absolute Gasteiger partial charge is 0.307 e. The first-order chi connectivity index (χ1) is 12.6. The van der Waals surface area contributed by atoms with Gasteiger partial charge in [0.15, 0.2) is 0 Å². The molecular weight excluding hydrogens is 334 g/mol. The molecule has 0 saturated carbocycles. The molecule has 1 aliphatic heterocycles. The highest BCUT2D eigenvalue weighted by atomic mass is 16.5. The molecule has 1 aliphatic rings. The van der Waals surface area contributed by atoms with Crippen LogP contribution < -0.4 is 14.2 Å². The van der Waals surface area contributed by atoms with E-state index in [1.54, 1.807) is 32.4 Å². The summed E-state index contributed by atoms with van der Waals surface area (Å²) in [5.74, 6) is 1.73. The Kier molecular flexibility index (Phi) is 5.63. The van der Waals surface area contributed by atoms with Gasteiger partial charge in [0.05, 0.1) is 20.1 Å². The van der Waals surface area contributed by atoms with Gasteiger partial charge < -0.3 is 19.3 Å². The number of rotatable bonds is 7. The van der Waals surface area contributed by atoms with Crippen LogP contribution >= 0.6 is 0 Å². The number of carbonyl (C=O) groups is 1. The molecule has 1 heterocycles. The largest absolute Gasteiger partial charge is 0.496 e. The van der Waals surface area contributed by atoms with Crippen molar-refractivity contribution in [1.82, 2.24) is 4.90 Å². The van der Waals surface area contributed by atoms with Gasteiger partial charge in [-0.25, -0.2) is 0 Å². The third kappa shape index (κ3) is 4.46. The van der Waals surface area contributed by atoms with Crippen LogP contribution in [0.5, 0.6) is 23.0 Å². The van der Waals surface area contributed by atoms with Gasteiger partial charge in [0.1, 0.15) is 23.0 Å². The Morgan fingerprint density at radius 1 is 1.04 bits per heavy atom. The van der Waals surface area contributed by atoms with E-state index < -0.39 is 5.97 Å². The van der Waals surface area contributed by atoms with Crippen LogP contribution in [0, 0.1) is 5.92 Å². The second kappa shape index (κ2) is 8.10. The molecule has 0 spiro atoms. The number of ether oxygens (including phenoxy) is 3. The van der Waals surface area contributed by atoms with Crippen LogP contribution in [-0.4, -0.2) is 43.3 Å². The van der Waals surface area contributed by atoms with Crippen LogP contribution in [0.1, 0.15) is 12.0 Å². The quantitative estimate of drug-likeness (QED) is 0.819. The van der Waals surface area contributed by atoms with Crippen molar-refractivity contribution in [2.45, 2.75) is 13.0 Å². The zero-order chi connectivity index (χ0) is 18.5. The van der Waals surface area contributed by atoms with Crippen LogP contribution in [0.3, 0.4) is 0 Å². The van der Waals surface area contributed by atoms with E-state index in [2.05, 4.69) is 4.90 Å². The summed E-state index contributed by atoms with van der Waals surface area (Å²) < 4.78 is 16.4. The molecule has 0 bridgehead atoms. The standard InChI is InChI=1S/C20H23NO5/c1-24-17-9-18(25-2)11-19(10-17)26-16-5-3-14(4-6-16)12-21-8-7-15(13-21)20(22)23/h3-6,9-11,15H,7-8,12-13H2,1-2H3,(H,22,23). The summed E-state index contributed by atoms with van der Waals surface area (Å²) >= 11 is 0. The molecular formula is C20H23NO5. The average molecular weight is 357 g/mol. The number of hydrogen-bond acceptors (Lipinski definition) is 5. The van der Waals surface area contributed by atoms with Gasteiger partial charge in [0.25, 0.3) is 0 Å². The minimum atomic E-state index is -0.704. The fourth-order valence-corrected chi connectivity index (χ4v) is 3.08. The maximum absolute atomic E-state index is 11.0. The minimum Gasteiger partial charge on any atom is -0.496 e. The fourth-order valence-electron chi connectivity index (χ4n) is 3.08. The lowest BCUT2D eigenvalue weighted by Crippen LogP contribution is -2.22. The maximum atomic E-state index is 11.0. The van der Waals surface area contributed by atoms with Gasteiger partial charge >= 0.3 is 5.97 Å². The molecule has 138 valence electrons. The van der Waals surface area contributed by atoms with Crippen molar-refractivity contribution in [1.29, 1.82) is 0 Å². The third-order valence-electron chi connectivity index (χ3n) is 4.51. The molecule has 0 aromatic heterocycles. The maximum Gasteiger partial charge on any atom is 0.307 e. The van der Waals surface area contributed by atoms with E-state index in [1.807, 2.05) is 24.3 Å². The van der Waals surface area contributed by atoms with Crippen molar-refractivity contribution in [3.63, 3.8) is 0 Å². The Morgan fingerprint density at radius 2 is 1.65 bits per heavy atom. The summed E-state index contributed by atoms with van der Waals surface area (Å²) in [7, 11) is 3.20. The Labute approximate surface area is 152 Å². The lowest BCUT2D eigenvalue weighted by Gasteiger charge is -2.15. The number of methoxy groups -OCH3 is 2. The predicted molar refractivity (Wildman–Crippen MR) is 97.1 cm³/mol. The third-order valence-corrected chi connectivity index (χ3v) is 4.51. The zero-order valence-electron chi connectivity index (χ0n) is 15.0. The molecule has 26 heavy (non-hydrogen) atoms.